The van der Waals surface area contributed by atoms with Crippen LogP contribution in [0.4, 0.5) is 0 Å². The van der Waals surface area contributed by atoms with E-state index in [2.05, 4.69) is 15.4 Å². The lowest BCUT2D eigenvalue weighted by Crippen LogP contribution is -2.36. The fourth-order valence-corrected chi connectivity index (χ4v) is 3.67. The average molecular weight is 419 g/mol. The lowest BCUT2D eigenvalue weighted by Gasteiger charge is -2.10. The van der Waals surface area contributed by atoms with Crippen molar-refractivity contribution < 1.29 is 14.3 Å². The molecule has 1 N–H and O–H groups in total. The zero-order valence-corrected chi connectivity index (χ0v) is 16.7. The lowest BCUT2D eigenvalue weighted by molar-refractivity contribution is -0.122. The standard InChI is InChI=1S/C22H21N5O4/c28-19(23-13-16-9-6-12-30-16)14-26-22(29)27-18-11-5-4-10-17(18)24-21(20(27)25-26)31-15-7-2-1-3-8-15/h1-5,7-8,10-11,16H,6,9,12-14H2,(H,23,28)/t16-/m0/s1. The molecule has 0 saturated carbocycles. The smallest absolute Gasteiger partial charge is 0.351 e. The Labute approximate surface area is 177 Å². The number of hydrogen-bond acceptors (Lipinski definition) is 6. The number of para-hydroxylation sites is 3. The summed E-state index contributed by atoms with van der Waals surface area (Å²) in [5.74, 6) is 0.466. The van der Waals surface area contributed by atoms with Gasteiger partial charge in [-0.05, 0) is 37.1 Å². The topological polar surface area (TPSA) is 99.8 Å². The molecule has 4 aromatic rings. The zero-order valence-electron chi connectivity index (χ0n) is 16.7. The van der Waals surface area contributed by atoms with Gasteiger partial charge in [0.25, 0.3) is 5.88 Å². The van der Waals surface area contributed by atoms with Crippen LogP contribution in [-0.4, -0.2) is 44.3 Å². The van der Waals surface area contributed by atoms with Crippen LogP contribution in [0, 0.1) is 0 Å². The summed E-state index contributed by atoms with van der Waals surface area (Å²) in [6, 6.07) is 16.4. The molecule has 1 fully saturated rings. The molecule has 0 bridgehead atoms. The molecule has 0 spiro atoms. The van der Waals surface area contributed by atoms with Crippen LogP contribution in [0.3, 0.4) is 0 Å². The Morgan fingerprint density at radius 2 is 1.97 bits per heavy atom. The van der Waals surface area contributed by atoms with E-state index in [1.54, 1.807) is 24.3 Å². The van der Waals surface area contributed by atoms with E-state index in [0.29, 0.717) is 23.3 Å². The molecule has 2 aromatic carbocycles. The Hall–Kier alpha value is -3.72. The molecule has 5 rings (SSSR count). The van der Waals surface area contributed by atoms with Crippen LogP contribution in [-0.2, 0) is 16.1 Å². The summed E-state index contributed by atoms with van der Waals surface area (Å²) in [6.07, 6.45) is 1.95. The molecule has 2 aromatic heterocycles. The lowest BCUT2D eigenvalue weighted by atomic mass is 10.2. The van der Waals surface area contributed by atoms with Gasteiger partial charge in [0, 0.05) is 13.2 Å². The largest absolute Gasteiger partial charge is 0.436 e. The van der Waals surface area contributed by atoms with Crippen molar-refractivity contribution in [2.45, 2.75) is 25.5 Å². The molecule has 1 aliphatic rings. The van der Waals surface area contributed by atoms with Gasteiger partial charge in [0.2, 0.25) is 11.6 Å². The van der Waals surface area contributed by atoms with Crippen molar-refractivity contribution in [3.8, 4) is 11.6 Å². The van der Waals surface area contributed by atoms with Gasteiger partial charge in [0.05, 0.1) is 17.1 Å². The van der Waals surface area contributed by atoms with Crippen LogP contribution >= 0.6 is 0 Å². The normalized spacial score (nSPS) is 16.1. The number of carbonyl (C=O) groups is 1. The SMILES string of the molecule is O=C(Cn1nc2c(Oc3ccccc3)nc3ccccc3n2c1=O)NC[C@@H]1CCCO1. The van der Waals surface area contributed by atoms with E-state index >= 15 is 0 Å². The number of carbonyl (C=O) groups excluding carboxylic acids is 1. The van der Waals surface area contributed by atoms with Crippen LogP contribution in [0.25, 0.3) is 16.7 Å². The molecule has 1 saturated heterocycles. The van der Waals surface area contributed by atoms with Gasteiger partial charge in [0.15, 0.2) is 0 Å². The summed E-state index contributed by atoms with van der Waals surface area (Å²) < 4.78 is 14.0. The minimum absolute atomic E-state index is 0.0285. The number of ether oxygens (including phenoxy) is 2. The van der Waals surface area contributed by atoms with Gasteiger partial charge in [-0.3, -0.25) is 4.79 Å². The molecular weight excluding hydrogens is 398 g/mol. The molecular formula is C22H21N5O4. The third-order valence-electron chi connectivity index (χ3n) is 5.18. The average Bonchev–Trinajstić information content (AvgIpc) is 3.42. The summed E-state index contributed by atoms with van der Waals surface area (Å²) in [5, 5.41) is 7.18. The first-order valence-electron chi connectivity index (χ1n) is 10.2. The number of aromatic nitrogens is 4. The van der Waals surface area contributed by atoms with E-state index in [1.807, 2.05) is 30.3 Å². The van der Waals surface area contributed by atoms with Crippen molar-refractivity contribution in [3.05, 3.63) is 65.1 Å². The van der Waals surface area contributed by atoms with E-state index in [9.17, 15) is 9.59 Å². The third kappa shape index (κ3) is 3.87. The second kappa shape index (κ2) is 8.19. The summed E-state index contributed by atoms with van der Waals surface area (Å²) in [7, 11) is 0. The number of fused-ring (bicyclic) bond motifs is 3. The Morgan fingerprint density at radius 1 is 1.16 bits per heavy atom. The summed E-state index contributed by atoms with van der Waals surface area (Å²) in [4.78, 5) is 30.1. The Bertz CT molecular complexity index is 1290. The molecule has 3 heterocycles. The number of benzene rings is 2. The van der Waals surface area contributed by atoms with Gasteiger partial charge in [-0.2, -0.15) is 0 Å². The molecule has 9 heteroatoms. The van der Waals surface area contributed by atoms with Crippen molar-refractivity contribution in [2.24, 2.45) is 0 Å². The summed E-state index contributed by atoms with van der Waals surface area (Å²) in [5.41, 5.74) is 0.998. The first-order valence-corrected chi connectivity index (χ1v) is 10.2. The fraction of sp³-hybridized carbons (Fsp3) is 0.273. The molecule has 31 heavy (non-hydrogen) atoms. The van der Waals surface area contributed by atoms with Gasteiger partial charge >= 0.3 is 5.69 Å². The van der Waals surface area contributed by atoms with Gasteiger partial charge in [-0.25, -0.2) is 18.9 Å². The van der Waals surface area contributed by atoms with E-state index in [4.69, 9.17) is 9.47 Å². The van der Waals surface area contributed by atoms with Crippen molar-refractivity contribution in [3.63, 3.8) is 0 Å². The van der Waals surface area contributed by atoms with Crippen molar-refractivity contribution in [1.82, 2.24) is 24.5 Å². The van der Waals surface area contributed by atoms with E-state index in [1.165, 1.54) is 4.40 Å². The first-order chi connectivity index (χ1) is 15.2. The van der Waals surface area contributed by atoms with E-state index in [-0.39, 0.29) is 30.1 Å². The highest BCUT2D eigenvalue weighted by molar-refractivity contribution is 5.80. The maximum Gasteiger partial charge on any atom is 0.351 e. The molecule has 1 aliphatic heterocycles. The summed E-state index contributed by atoms with van der Waals surface area (Å²) >= 11 is 0. The second-order valence-corrected chi connectivity index (χ2v) is 7.36. The van der Waals surface area contributed by atoms with E-state index in [0.717, 1.165) is 24.1 Å². The number of hydrogen-bond donors (Lipinski definition) is 1. The maximum absolute atomic E-state index is 13.1. The minimum atomic E-state index is -0.432. The Kier molecular flexibility index (Phi) is 5.09. The molecule has 9 nitrogen and oxygen atoms in total. The Balaban J connectivity index is 1.50. The van der Waals surface area contributed by atoms with E-state index < -0.39 is 5.69 Å². The summed E-state index contributed by atoms with van der Waals surface area (Å²) in [6.45, 7) is 0.941. The highest BCUT2D eigenvalue weighted by Crippen LogP contribution is 2.25. The quantitative estimate of drug-likeness (QED) is 0.514. The minimum Gasteiger partial charge on any atom is -0.436 e. The van der Waals surface area contributed by atoms with Gasteiger partial charge < -0.3 is 14.8 Å². The predicted octanol–water partition coefficient (Wildman–Crippen LogP) is 2.13. The van der Waals surface area contributed by atoms with Crippen LogP contribution in [0.1, 0.15) is 12.8 Å². The highest BCUT2D eigenvalue weighted by Gasteiger charge is 2.20. The number of amides is 1. The molecule has 0 radical (unpaired) electrons. The molecule has 0 unspecified atom stereocenters. The van der Waals surface area contributed by atoms with Crippen LogP contribution in [0.15, 0.2) is 59.4 Å². The number of nitrogens with zero attached hydrogens (tertiary/aromatic N) is 4. The first kappa shape index (κ1) is 19.3. The predicted molar refractivity (Wildman–Crippen MR) is 113 cm³/mol. The van der Waals surface area contributed by atoms with Gasteiger partial charge in [-0.15, -0.1) is 5.10 Å². The fourth-order valence-electron chi connectivity index (χ4n) is 3.67. The van der Waals surface area contributed by atoms with Crippen molar-refractivity contribution in [1.29, 1.82) is 0 Å². The van der Waals surface area contributed by atoms with Crippen LogP contribution in [0.5, 0.6) is 11.6 Å². The highest BCUT2D eigenvalue weighted by atomic mass is 16.5. The second-order valence-electron chi connectivity index (χ2n) is 7.36. The number of nitrogens with one attached hydrogen (secondary N) is 1. The van der Waals surface area contributed by atoms with Crippen LogP contribution < -0.4 is 15.7 Å². The monoisotopic (exact) mass is 419 g/mol. The van der Waals surface area contributed by atoms with Crippen molar-refractivity contribution >= 4 is 22.6 Å². The molecule has 0 aliphatic carbocycles. The molecule has 158 valence electrons. The zero-order chi connectivity index (χ0) is 21.2. The van der Waals surface area contributed by atoms with Gasteiger partial charge in [0.1, 0.15) is 12.3 Å². The van der Waals surface area contributed by atoms with Gasteiger partial charge in [-0.1, -0.05) is 30.3 Å². The molecule has 1 atom stereocenters. The third-order valence-corrected chi connectivity index (χ3v) is 5.18. The number of rotatable bonds is 6. The van der Waals surface area contributed by atoms with Crippen molar-refractivity contribution in [2.75, 3.05) is 13.2 Å². The molecule has 1 amide bonds. The van der Waals surface area contributed by atoms with Crippen LogP contribution in [0.2, 0.25) is 0 Å². The Morgan fingerprint density at radius 3 is 2.77 bits per heavy atom. The maximum atomic E-state index is 13.1.